The van der Waals surface area contributed by atoms with E-state index >= 15 is 0 Å². The van der Waals surface area contributed by atoms with Crippen molar-refractivity contribution in [3.8, 4) is 0 Å². The zero-order chi connectivity index (χ0) is 11.4. The van der Waals surface area contributed by atoms with Crippen LogP contribution in [0.1, 0.15) is 28.8 Å². The van der Waals surface area contributed by atoms with Gasteiger partial charge in [-0.15, -0.1) is 0 Å². The quantitative estimate of drug-likeness (QED) is 0.750. The van der Waals surface area contributed by atoms with E-state index in [9.17, 15) is 9.90 Å². The standard InChI is InChI=1S/C13H17NO2/c15-9-12-4-2-11(3-5-12)8-13(16)6-1-7-14-10-13/h2-5,9,14,16H,1,6-8,10H2. The maximum Gasteiger partial charge on any atom is 0.150 e. The number of rotatable bonds is 3. The summed E-state index contributed by atoms with van der Waals surface area (Å²) in [6.07, 6.45) is 3.35. The Morgan fingerprint density at radius 2 is 2.12 bits per heavy atom. The fourth-order valence-electron chi connectivity index (χ4n) is 2.20. The fourth-order valence-corrected chi connectivity index (χ4v) is 2.20. The van der Waals surface area contributed by atoms with Crippen molar-refractivity contribution in [1.29, 1.82) is 0 Å². The van der Waals surface area contributed by atoms with Crippen LogP contribution in [0.15, 0.2) is 24.3 Å². The first-order valence-electron chi connectivity index (χ1n) is 5.69. The zero-order valence-corrected chi connectivity index (χ0v) is 9.28. The van der Waals surface area contributed by atoms with Crippen molar-refractivity contribution >= 4 is 6.29 Å². The molecule has 0 aromatic heterocycles. The third-order valence-corrected chi connectivity index (χ3v) is 3.10. The van der Waals surface area contributed by atoms with Gasteiger partial charge in [0.05, 0.1) is 5.60 Å². The van der Waals surface area contributed by atoms with Crippen LogP contribution in [0.25, 0.3) is 0 Å². The average Bonchev–Trinajstić information content (AvgIpc) is 2.30. The van der Waals surface area contributed by atoms with Crippen LogP contribution in [0, 0.1) is 0 Å². The van der Waals surface area contributed by atoms with Gasteiger partial charge in [-0.2, -0.15) is 0 Å². The lowest BCUT2D eigenvalue weighted by Gasteiger charge is -2.32. The second kappa shape index (κ2) is 4.76. The van der Waals surface area contributed by atoms with Gasteiger partial charge in [0.25, 0.3) is 0 Å². The Balaban J connectivity index is 2.04. The number of benzene rings is 1. The molecule has 1 unspecified atom stereocenters. The van der Waals surface area contributed by atoms with Crippen molar-refractivity contribution in [2.45, 2.75) is 24.9 Å². The van der Waals surface area contributed by atoms with Gasteiger partial charge in [-0.25, -0.2) is 0 Å². The highest BCUT2D eigenvalue weighted by molar-refractivity contribution is 5.74. The molecule has 1 aromatic carbocycles. The molecule has 3 heteroatoms. The maximum absolute atomic E-state index is 10.5. The molecule has 0 spiro atoms. The lowest BCUT2D eigenvalue weighted by molar-refractivity contribution is 0.0169. The van der Waals surface area contributed by atoms with Gasteiger partial charge < -0.3 is 10.4 Å². The molecule has 2 N–H and O–H groups in total. The van der Waals surface area contributed by atoms with Crippen molar-refractivity contribution < 1.29 is 9.90 Å². The molecule has 1 atom stereocenters. The monoisotopic (exact) mass is 219 g/mol. The molecule has 16 heavy (non-hydrogen) atoms. The maximum atomic E-state index is 10.5. The minimum atomic E-state index is -0.624. The van der Waals surface area contributed by atoms with Crippen LogP contribution in [-0.2, 0) is 6.42 Å². The summed E-state index contributed by atoms with van der Waals surface area (Å²) >= 11 is 0. The Morgan fingerprint density at radius 1 is 1.38 bits per heavy atom. The highest BCUT2D eigenvalue weighted by atomic mass is 16.3. The van der Waals surface area contributed by atoms with Crippen LogP contribution >= 0.6 is 0 Å². The van der Waals surface area contributed by atoms with Crippen molar-refractivity contribution in [3.63, 3.8) is 0 Å². The molecule has 1 aromatic rings. The number of aldehydes is 1. The average molecular weight is 219 g/mol. The summed E-state index contributed by atoms with van der Waals surface area (Å²) in [5.41, 5.74) is 1.13. The number of carbonyl (C=O) groups excluding carboxylic acids is 1. The molecule has 1 saturated heterocycles. The lowest BCUT2D eigenvalue weighted by atomic mass is 9.87. The van der Waals surface area contributed by atoms with Gasteiger partial charge in [0.1, 0.15) is 6.29 Å². The van der Waals surface area contributed by atoms with E-state index in [-0.39, 0.29) is 0 Å². The molecule has 0 amide bonds. The van der Waals surface area contributed by atoms with Gasteiger partial charge in [-0.3, -0.25) is 4.79 Å². The largest absolute Gasteiger partial charge is 0.388 e. The van der Waals surface area contributed by atoms with E-state index in [1.54, 1.807) is 12.1 Å². The van der Waals surface area contributed by atoms with Crippen molar-refractivity contribution in [2.75, 3.05) is 13.1 Å². The molecule has 86 valence electrons. The van der Waals surface area contributed by atoms with Crippen molar-refractivity contribution in [3.05, 3.63) is 35.4 Å². The molecule has 0 bridgehead atoms. The molecule has 1 aliphatic heterocycles. The first-order chi connectivity index (χ1) is 7.72. The van der Waals surface area contributed by atoms with Crippen molar-refractivity contribution in [2.24, 2.45) is 0 Å². The van der Waals surface area contributed by atoms with E-state index in [0.717, 1.165) is 31.2 Å². The van der Waals surface area contributed by atoms with E-state index < -0.39 is 5.60 Å². The zero-order valence-electron chi connectivity index (χ0n) is 9.28. The highest BCUT2D eigenvalue weighted by Crippen LogP contribution is 2.21. The van der Waals surface area contributed by atoms with E-state index in [1.807, 2.05) is 12.1 Å². The number of carbonyl (C=O) groups is 1. The first kappa shape index (κ1) is 11.3. The third kappa shape index (κ3) is 2.68. The molecule has 0 radical (unpaired) electrons. The van der Waals surface area contributed by atoms with E-state index in [1.165, 1.54) is 0 Å². The van der Waals surface area contributed by atoms with Crippen LogP contribution < -0.4 is 5.32 Å². The Bertz CT molecular complexity index is 353. The summed E-state index contributed by atoms with van der Waals surface area (Å²) in [5, 5.41) is 13.5. The van der Waals surface area contributed by atoms with E-state index in [2.05, 4.69) is 5.32 Å². The van der Waals surface area contributed by atoms with E-state index in [4.69, 9.17) is 0 Å². The van der Waals surface area contributed by atoms with Crippen LogP contribution in [0.4, 0.5) is 0 Å². The smallest absolute Gasteiger partial charge is 0.150 e. The predicted octanol–water partition coefficient (Wildman–Crippen LogP) is 1.16. The number of hydrogen-bond acceptors (Lipinski definition) is 3. The molecular weight excluding hydrogens is 202 g/mol. The Hall–Kier alpha value is -1.19. The Kier molecular flexibility index (Phi) is 3.36. The van der Waals surface area contributed by atoms with Crippen molar-refractivity contribution in [1.82, 2.24) is 5.32 Å². The highest BCUT2D eigenvalue weighted by Gasteiger charge is 2.28. The van der Waals surface area contributed by atoms with E-state index in [0.29, 0.717) is 18.5 Å². The van der Waals surface area contributed by atoms with Gasteiger partial charge in [0.15, 0.2) is 0 Å². The van der Waals surface area contributed by atoms with Gasteiger partial charge >= 0.3 is 0 Å². The second-order valence-corrected chi connectivity index (χ2v) is 4.54. The predicted molar refractivity (Wildman–Crippen MR) is 62.6 cm³/mol. The summed E-state index contributed by atoms with van der Waals surface area (Å²) in [7, 11) is 0. The summed E-state index contributed by atoms with van der Waals surface area (Å²) in [6, 6.07) is 7.41. The summed E-state index contributed by atoms with van der Waals surface area (Å²) < 4.78 is 0. The third-order valence-electron chi connectivity index (χ3n) is 3.10. The topological polar surface area (TPSA) is 49.3 Å². The molecule has 2 rings (SSSR count). The Morgan fingerprint density at radius 3 is 2.69 bits per heavy atom. The van der Waals surface area contributed by atoms with Crippen LogP contribution in [0.2, 0.25) is 0 Å². The van der Waals surface area contributed by atoms with Crippen LogP contribution in [-0.4, -0.2) is 30.1 Å². The number of piperidine rings is 1. The number of hydrogen-bond donors (Lipinski definition) is 2. The summed E-state index contributed by atoms with van der Waals surface area (Å²) in [6.45, 7) is 1.65. The number of β-amino-alcohol motifs (C(OH)–C–C–N with tert-alkyl or cyclic N) is 1. The fraction of sp³-hybridized carbons (Fsp3) is 0.462. The molecular formula is C13H17NO2. The number of nitrogens with one attached hydrogen (secondary N) is 1. The molecule has 0 aliphatic carbocycles. The first-order valence-corrected chi connectivity index (χ1v) is 5.69. The molecule has 1 aliphatic rings. The Labute approximate surface area is 95.5 Å². The van der Waals surface area contributed by atoms with Gasteiger partial charge in [0.2, 0.25) is 0 Å². The second-order valence-electron chi connectivity index (χ2n) is 4.54. The SMILES string of the molecule is O=Cc1ccc(CC2(O)CCCNC2)cc1. The van der Waals surface area contributed by atoms with Crippen LogP contribution in [0.5, 0.6) is 0 Å². The lowest BCUT2D eigenvalue weighted by Crippen LogP contribution is -2.47. The van der Waals surface area contributed by atoms with Gasteiger partial charge in [0, 0.05) is 18.5 Å². The molecule has 3 nitrogen and oxygen atoms in total. The van der Waals surface area contributed by atoms with Crippen LogP contribution in [0.3, 0.4) is 0 Å². The molecule has 1 fully saturated rings. The van der Waals surface area contributed by atoms with Gasteiger partial charge in [-0.1, -0.05) is 24.3 Å². The minimum absolute atomic E-state index is 0.624. The summed E-state index contributed by atoms with van der Waals surface area (Å²) in [4.78, 5) is 10.5. The normalized spacial score (nSPS) is 25.3. The number of aliphatic hydroxyl groups is 1. The summed E-state index contributed by atoms with van der Waals surface area (Å²) in [5.74, 6) is 0. The molecule has 1 heterocycles. The minimum Gasteiger partial charge on any atom is -0.388 e. The van der Waals surface area contributed by atoms with Gasteiger partial charge in [-0.05, 0) is 24.9 Å². The molecule has 0 saturated carbocycles.